The summed E-state index contributed by atoms with van der Waals surface area (Å²) in [6.07, 6.45) is 0. The average Bonchev–Trinajstić information content (AvgIpc) is 3.00. The number of amides is 2. The number of carbonyl (C=O) groups excluding carboxylic acids is 2. The molecule has 1 aromatic heterocycles. The van der Waals surface area contributed by atoms with E-state index in [1.54, 1.807) is 32.0 Å². The molecule has 3 rings (SSSR count). The van der Waals surface area contributed by atoms with Crippen molar-refractivity contribution < 1.29 is 18.7 Å². The van der Waals surface area contributed by atoms with Crippen LogP contribution in [0.1, 0.15) is 32.1 Å². The minimum atomic E-state index is -0.562. The van der Waals surface area contributed by atoms with E-state index in [4.69, 9.17) is 16.3 Å². The van der Waals surface area contributed by atoms with Gasteiger partial charge in [0.2, 0.25) is 0 Å². The van der Waals surface area contributed by atoms with Crippen LogP contribution in [-0.2, 0) is 0 Å². The quantitative estimate of drug-likeness (QED) is 0.638. The Balaban J connectivity index is 1.78. The lowest BCUT2D eigenvalue weighted by Crippen LogP contribution is -2.42. The minimum Gasteiger partial charge on any atom is -0.496 e. The van der Waals surface area contributed by atoms with E-state index in [2.05, 4.69) is 16.0 Å². The second kappa shape index (κ2) is 8.32. The number of ether oxygens (including phenoxy) is 1. The Labute approximate surface area is 171 Å². The van der Waals surface area contributed by atoms with Crippen molar-refractivity contribution in [1.29, 1.82) is 0 Å². The number of halogens is 2. The molecule has 0 radical (unpaired) electrons. The van der Waals surface area contributed by atoms with Gasteiger partial charge in [-0.05, 0) is 56.3 Å². The minimum absolute atomic E-state index is 0.215. The first-order chi connectivity index (χ1) is 13.8. The number of hydrogen-bond acceptors (Lipinski definition) is 4. The number of aryl methyl sites for hydroxylation is 1. The second-order valence-corrected chi connectivity index (χ2v) is 6.62. The first kappa shape index (κ1) is 20.3. The third-order valence-electron chi connectivity index (χ3n) is 4.29. The third-order valence-corrected chi connectivity index (χ3v) is 4.52. The molecular weight excluding hydrogens is 399 g/mol. The highest BCUT2D eigenvalue weighted by atomic mass is 35.5. The normalized spacial score (nSPS) is 10.5. The molecule has 2 N–H and O–H groups in total. The summed E-state index contributed by atoms with van der Waals surface area (Å²) >= 11 is 5.89. The van der Waals surface area contributed by atoms with Crippen LogP contribution in [0.3, 0.4) is 0 Å². The fraction of sp³-hybridized carbons (Fsp3) is 0.150. The summed E-state index contributed by atoms with van der Waals surface area (Å²) in [5.41, 5.74) is 6.87. The topological polar surface area (TPSA) is 85.2 Å². The number of rotatable bonds is 4. The highest BCUT2D eigenvalue weighted by molar-refractivity contribution is 6.30. The Morgan fingerprint density at radius 3 is 2.38 bits per heavy atom. The highest BCUT2D eigenvalue weighted by Gasteiger charge is 2.21. The summed E-state index contributed by atoms with van der Waals surface area (Å²) in [7, 11) is 1.41. The van der Waals surface area contributed by atoms with Gasteiger partial charge in [0.05, 0.1) is 35.3 Å². The number of aromatic nitrogens is 2. The van der Waals surface area contributed by atoms with Crippen molar-refractivity contribution in [3.05, 3.63) is 75.8 Å². The van der Waals surface area contributed by atoms with Crippen molar-refractivity contribution in [3.63, 3.8) is 0 Å². The zero-order valence-electron chi connectivity index (χ0n) is 15.9. The van der Waals surface area contributed by atoms with Gasteiger partial charge in [0.1, 0.15) is 11.6 Å². The summed E-state index contributed by atoms with van der Waals surface area (Å²) in [6.45, 7) is 3.38. The molecule has 1 heterocycles. The fourth-order valence-corrected chi connectivity index (χ4v) is 3.06. The van der Waals surface area contributed by atoms with E-state index >= 15 is 0 Å². The molecule has 0 aliphatic heterocycles. The Hall–Kier alpha value is -3.39. The predicted octanol–water partition coefficient (Wildman–Crippen LogP) is 3.37. The molecular formula is C20H18ClFN4O3. The maximum Gasteiger partial charge on any atom is 0.273 e. The summed E-state index contributed by atoms with van der Waals surface area (Å²) in [4.78, 5) is 25.0. The molecule has 0 unspecified atom stereocenters. The molecule has 2 amide bonds. The second-order valence-electron chi connectivity index (χ2n) is 6.19. The van der Waals surface area contributed by atoms with Crippen LogP contribution in [-0.4, -0.2) is 28.7 Å². The van der Waals surface area contributed by atoms with Gasteiger partial charge in [0, 0.05) is 5.02 Å². The van der Waals surface area contributed by atoms with E-state index < -0.39 is 11.8 Å². The Morgan fingerprint density at radius 2 is 1.72 bits per heavy atom. The first-order valence-corrected chi connectivity index (χ1v) is 8.96. The van der Waals surface area contributed by atoms with Crippen LogP contribution in [0.25, 0.3) is 5.69 Å². The van der Waals surface area contributed by atoms with Gasteiger partial charge in [-0.1, -0.05) is 11.6 Å². The van der Waals surface area contributed by atoms with Crippen LogP contribution >= 0.6 is 11.6 Å². The van der Waals surface area contributed by atoms with Crippen molar-refractivity contribution in [3.8, 4) is 11.4 Å². The number of benzene rings is 2. The van der Waals surface area contributed by atoms with Crippen molar-refractivity contribution in [2.24, 2.45) is 0 Å². The lowest BCUT2D eigenvalue weighted by molar-refractivity contribution is 0.0844. The molecule has 3 aromatic rings. The van der Waals surface area contributed by atoms with E-state index in [1.807, 2.05) is 0 Å². The number of hydrazine groups is 1. The van der Waals surface area contributed by atoms with Crippen molar-refractivity contribution in [2.75, 3.05) is 7.11 Å². The molecule has 2 aromatic carbocycles. The number of nitrogens with one attached hydrogen (secondary N) is 2. The SMILES string of the molecule is COc1cc(Cl)ccc1C(=O)NNC(=O)c1c(C)nn(-c2ccc(F)cc2)c1C. The number of hydrogen-bond donors (Lipinski definition) is 2. The van der Waals surface area contributed by atoms with Crippen LogP contribution in [0.5, 0.6) is 5.75 Å². The van der Waals surface area contributed by atoms with Crippen molar-refractivity contribution in [1.82, 2.24) is 20.6 Å². The van der Waals surface area contributed by atoms with Gasteiger partial charge in [-0.15, -0.1) is 0 Å². The maximum absolute atomic E-state index is 13.2. The van der Waals surface area contributed by atoms with Gasteiger partial charge in [-0.2, -0.15) is 5.10 Å². The standard InChI is InChI=1S/C20H18ClFN4O3/c1-11-18(12(2)26(25-11)15-7-5-14(22)6-8-15)20(28)24-23-19(27)16-9-4-13(21)10-17(16)29-3/h4-10H,1-3H3,(H,23,27)(H,24,28). The van der Waals surface area contributed by atoms with Gasteiger partial charge >= 0.3 is 0 Å². The van der Waals surface area contributed by atoms with Gasteiger partial charge in [-0.3, -0.25) is 20.4 Å². The molecule has 0 bridgehead atoms. The number of methoxy groups -OCH3 is 1. The first-order valence-electron chi connectivity index (χ1n) is 8.58. The summed E-state index contributed by atoms with van der Waals surface area (Å²) in [5, 5.41) is 4.76. The zero-order chi connectivity index (χ0) is 21.1. The lowest BCUT2D eigenvalue weighted by Gasteiger charge is -2.11. The Kier molecular flexibility index (Phi) is 5.84. The fourth-order valence-electron chi connectivity index (χ4n) is 2.90. The molecule has 0 spiro atoms. The molecule has 0 saturated carbocycles. The van der Waals surface area contributed by atoms with Gasteiger partial charge in [-0.25, -0.2) is 9.07 Å². The van der Waals surface area contributed by atoms with E-state index in [-0.39, 0.29) is 17.1 Å². The van der Waals surface area contributed by atoms with Crippen molar-refractivity contribution >= 4 is 23.4 Å². The van der Waals surface area contributed by atoms with Crippen LogP contribution in [0.2, 0.25) is 5.02 Å². The van der Waals surface area contributed by atoms with Crippen LogP contribution in [0, 0.1) is 19.7 Å². The Morgan fingerprint density at radius 1 is 1.07 bits per heavy atom. The van der Waals surface area contributed by atoms with Gasteiger partial charge < -0.3 is 4.74 Å². The summed E-state index contributed by atoms with van der Waals surface area (Å²) in [6, 6.07) is 10.3. The van der Waals surface area contributed by atoms with E-state index in [0.29, 0.717) is 27.7 Å². The molecule has 9 heteroatoms. The van der Waals surface area contributed by atoms with Crippen molar-refractivity contribution in [2.45, 2.75) is 13.8 Å². The van der Waals surface area contributed by atoms with E-state index in [0.717, 1.165) is 0 Å². The molecule has 0 atom stereocenters. The van der Waals surface area contributed by atoms with Crippen LogP contribution in [0.15, 0.2) is 42.5 Å². The summed E-state index contributed by atoms with van der Waals surface area (Å²) in [5.74, 6) is -1.18. The molecule has 0 fully saturated rings. The van der Waals surface area contributed by atoms with E-state index in [1.165, 1.54) is 36.1 Å². The lowest BCUT2D eigenvalue weighted by atomic mass is 10.2. The number of nitrogens with zero attached hydrogens (tertiary/aromatic N) is 2. The molecule has 0 saturated heterocycles. The van der Waals surface area contributed by atoms with Crippen LogP contribution in [0.4, 0.5) is 4.39 Å². The largest absolute Gasteiger partial charge is 0.496 e. The molecule has 150 valence electrons. The summed E-state index contributed by atoms with van der Waals surface area (Å²) < 4.78 is 19.8. The average molecular weight is 417 g/mol. The third kappa shape index (κ3) is 4.22. The maximum atomic E-state index is 13.2. The van der Waals surface area contributed by atoms with Gasteiger partial charge in [0.15, 0.2) is 0 Å². The molecule has 29 heavy (non-hydrogen) atoms. The molecule has 0 aliphatic carbocycles. The van der Waals surface area contributed by atoms with E-state index in [9.17, 15) is 14.0 Å². The smallest absolute Gasteiger partial charge is 0.273 e. The predicted molar refractivity (Wildman–Crippen MR) is 106 cm³/mol. The van der Waals surface area contributed by atoms with Crippen LogP contribution < -0.4 is 15.6 Å². The molecule has 0 aliphatic rings. The number of carbonyl (C=O) groups is 2. The van der Waals surface area contributed by atoms with Gasteiger partial charge in [0.25, 0.3) is 11.8 Å². The zero-order valence-corrected chi connectivity index (χ0v) is 16.7. The Bertz CT molecular complexity index is 1080. The highest BCUT2D eigenvalue weighted by Crippen LogP contribution is 2.23. The monoisotopic (exact) mass is 416 g/mol. The molecule has 7 nitrogen and oxygen atoms in total.